The molecule has 0 heterocycles. The van der Waals surface area contributed by atoms with Crippen molar-refractivity contribution in [2.75, 3.05) is 0 Å². The summed E-state index contributed by atoms with van der Waals surface area (Å²) in [5.74, 6) is 0. The van der Waals surface area contributed by atoms with Gasteiger partial charge < -0.3 is 30.5 Å². The van der Waals surface area contributed by atoms with E-state index in [9.17, 15) is 0 Å². The van der Waals surface area contributed by atoms with E-state index in [2.05, 4.69) is 9.78 Å². The van der Waals surface area contributed by atoms with Crippen molar-refractivity contribution in [3.05, 3.63) is 0 Å². The molecule has 0 aliphatic heterocycles. The van der Waals surface area contributed by atoms with E-state index in [1.165, 1.54) is 0 Å². The van der Waals surface area contributed by atoms with Crippen LogP contribution >= 0.6 is 0 Å². The van der Waals surface area contributed by atoms with E-state index in [0.29, 0.717) is 0 Å². The van der Waals surface area contributed by atoms with Crippen molar-refractivity contribution in [2.45, 2.75) is 0 Å². The summed E-state index contributed by atoms with van der Waals surface area (Å²) in [7, 11) is 0. The predicted octanol–water partition coefficient (Wildman–Crippen LogP) is -2.85. The fraction of sp³-hybridized carbons (Fsp3) is 0. The fourth-order valence-corrected chi connectivity index (χ4v) is 0. The van der Waals surface area contributed by atoms with Gasteiger partial charge in [0.05, 0.1) is 0 Å². The van der Waals surface area contributed by atoms with E-state index in [-0.39, 0.29) is 40.4 Å². The largest absolute Gasteiger partial charge is 2.00 e. The van der Waals surface area contributed by atoms with Crippen molar-refractivity contribution in [2.24, 2.45) is 0 Å². The summed E-state index contributed by atoms with van der Waals surface area (Å²) in [5, 5.41) is 31.4. The molecule has 0 saturated heterocycles. The van der Waals surface area contributed by atoms with E-state index in [1.807, 2.05) is 0 Å². The summed E-state index contributed by atoms with van der Waals surface area (Å²) in [6.45, 7) is 0. The van der Waals surface area contributed by atoms with E-state index in [4.69, 9.17) is 30.3 Å². The van der Waals surface area contributed by atoms with Crippen molar-refractivity contribution in [3.8, 4) is 0 Å². The smallest absolute Gasteiger partial charge is 0.659 e. The average Bonchev–Trinajstić information content (AvgIpc) is 1.89. The molecule has 3 radical (unpaired) electrons. The molecule has 0 atom stereocenters. The first-order valence-corrected chi connectivity index (χ1v) is 1.60. The van der Waals surface area contributed by atoms with Crippen molar-refractivity contribution in [1.29, 1.82) is 0 Å². The Labute approximate surface area is 92.8 Å². The van der Waals surface area contributed by atoms with Crippen LogP contribution in [0.2, 0.25) is 0 Å². The van der Waals surface area contributed by atoms with Gasteiger partial charge in [0, 0.05) is 17.4 Å². The number of hydrogen-bond acceptors (Lipinski definition) is 6. The van der Waals surface area contributed by atoms with Crippen molar-refractivity contribution in [3.63, 3.8) is 0 Å². The van der Waals surface area contributed by atoms with E-state index in [1.54, 1.807) is 0 Å². The first-order valence-electron chi connectivity index (χ1n) is 1.60. The Morgan fingerprint density at radius 1 is 1.00 bits per heavy atom. The minimum absolute atomic E-state index is 0. The second-order valence-corrected chi connectivity index (χ2v) is 0.698. The van der Waals surface area contributed by atoms with Crippen molar-refractivity contribution >= 4 is 52.7 Å². The molecule has 2 N–H and O–H groups in total. The van der Waals surface area contributed by atoms with Crippen molar-refractivity contribution in [1.82, 2.24) is 0 Å². The third kappa shape index (κ3) is 53.0. The zero-order chi connectivity index (χ0) is 8.57. The van der Waals surface area contributed by atoms with Crippen LogP contribution in [0.1, 0.15) is 0 Å². The average molecular weight is 205 g/mol. The molecule has 0 fully saturated rings. The normalized spacial score (nSPS) is 5.50. The summed E-state index contributed by atoms with van der Waals surface area (Å²) in [4.78, 5) is 22.5. The van der Waals surface area contributed by atoms with E-state index in [0.717, 1.165) is 0 Å². The van der Waals surface area contributed by atoms with Gasteiger partial charge in [-0.05, 0) is 0 Å². The van der Waals surface area contributed by atoms with Crippen LogP contribution in [0.25, 0.3) is 0 Å². The van der Waals surface area contributed by atoms with Gasteiger partial charge in [-0.25, -0.2) is 9.59 Å². The Bertz CT molecular complexity index is 102. The standard InChI is InChI=1S/2CH2O4.Al.Mg/c2*2-1(3)5-4;;/h2*4H,(H,2,3);;/q;;;+2/p-2. The third-order valence-electron chi connectivity index (χ3n) is 0.143. The molecule has 0 saturated carbocycles. The van der Waals surface area contributed by atoms with Gasteiger partial charge in [-0.15, -0.1) is 0 Å². The van der Waals surface area contributed by atoms with Gasteiger partial charge in [-0.2, -0.15) is 0 Å². The number of rotatable bonds is 0. The Hall–Kier alpha value is -0.241. The molecule has 0 spiro atoms. The summed E-state index contributed by atoms with van der Waals surface area (Å²) >= 11 is 0. The van der Waals surface area contributed by atoms with Gasteiger partial charge in [0.25, 0.3) is 0 Å². The molecule has 0 unspecified atom stereocenters. The molecule has 0 aliphatic rings. The molecule has 0 aromatic carbocycles. The Morgan fingerprint density at radius 2 is 1.08 bits per heavy atom. The van der Waals surface area contributed by atoms with Crippen LogP contribution in [-0.2, 0) is 9.78 Å². The molecule has 0 aromatic rings. The molecule has 0 aliphatic carbocycles. The van der Waals surface area contributed by atoms with Crippen LogP contribution in [0.3, 0.4) is 0 Å². The van der Waals surface area contributed by atoms with Crippen LogP contribution < -0.4 is 10.5 Å². The van der Waals surface area contributed by atoms with Gasteiger partial charge >= 0.3 is 35.4 Å². The minimum Gasteiger partial charge on any atom is -0.659 e. The van der Waals surface area contributed by atoms with E-state index >= 15 is 0 Å². The topological polar surface area (TPSA) is 139 Å². The molecule has 0 aromatic heterocycles. The summed E-state index contributed by atoms with van der Waals surface area (Å²) < 4.78 is 0. The van der Waals surface area contributed by atoms with Crippen LogP contribution in [0.5, 0.6) is 0 Å². The maximum Gasteiger partial charge on any atom is 2.00 e. The van der Waals surface area contributed by atoms with Gasteiger partial charge in [-0.3, -0.25) is 0 Å². The maximum atomic E-state index is 8.83. The van der Waals surface area contributed by atoms with Gasteiger partial charge in [0.1, 0.15) is 0 Å². The SMILES string of the molecule is O=C(O)O[O-].O=C(O)O[O-].[Al].[Mg+2]. The number of carbonyl (C=O) groups is 2. The molecule has 10 heteroatoms. The van der Waals surface area contributed by atoms with Crippen molar-refractivity contribution < 1.29 is 40.1 Å². The van der Waals surface area contributed by atoms with Crippen LogP contribution in [0, 0.1) is 0 Å². The Balaban J connectivity index is -0.0000000457. The zero-order valence-electron chi connectivity index (χ0n) is 5.63. The second-order valence-electron chi connectivity index (χ2n) is 0.698. The monoisotopic (exact) mass is 205 g/mol. The third-order valence-corrected chi connectivity index (χ3v) is 0.143. The minimum atomic E-state index is -1.80. The first-order chi connectivity index (χ1) is 4.54. The molecule has 0 amide bonds. The van der Waals surface area contributed by atoms with Crippen LogP contribution in [0.4, 0.5) is 9.59 Å². The molecular weight excluding hydrogens is 203 g/mol. The first kappa shape index (κ1) is 22.6. The quantitative estimate of drug-likeness (QED) is 0.245. The van der Waals surface area contributed by atoms with E-state index < -0.39 is 12.3 Å². The molecule has 8 nitrogen and oxygen atoms in total. The molecule has 0 rings (SSSR count). The van der Waals surface area contributed by atoms with Gasteiger partial charge in [0.2, 0.25) is 0 Å². The molecule has 0 bridgehead atoms. The number of hydrogen-bond donors (Lipinski definition) is 2. The molecule has 63 valence electrons. The zero-order valence-corrected chi connectivity index (χ0v) is 8.20. The van der Waals surface area contributed by atoms with Gasteiger partial charge in [0.15, 0.2) is 0 Å². The number of carboxylic acid groups (broad SMARTS) is 2. The summed E-state index contributed by atoms with van der Waals surface area (Å²) in [5.41, 5.74) is 0. The summed E-state index contributed by atoms with van der Waals surface area (Å²) in [6, 6.07) is 0. The fourth-order valence-electron chi connectivity index (χ4n) is 0. The Kier molecular flexibility index (Phi) is 32.1. The summed E-state index contributed by atoms with van der Waals surface area (Å²) in [6.07, 6.45) is -3.60. The van der Waals surface area contributed by atoms with Crippen LogP contribution in [0.15, 0.2) is 0 Å². The van der Waals surface area contributed by atoms with Gasteiger partial charge in [-0.1, -0.05) is 0 Å². The van der Waals surface area contributed by atoms with Crippen LogP contribution in [-0.4, -0.2) is 62.9 Å². The molecule has 12 heavy (non-hydrogen) atoms. The second kappa shape index (κ2) is 17.0. The predicted molar refractivity (Wildman–Crippen MR) is 29.7 cm³/mol. The maximum absolute atomic E-state index is 8.83. The Morgan fingerprint density at radius 3 is 1.08 bits per heavy atom. The molecular formula is C2H2AlMgO8.